The molecule has 1 N–H and O–H groups in total. The number of hydrogen-bond acceptors (Lipinski definition) is 1. The molecule has 0 fully saturated rings. The lowest BCUT2D eigenvalue weighted by molar-refractivity contribution is 0.644. The zero-order chi connectivity index (χ0) is 8.81. The second kappa shape index (κ2) is 4.94. The van der Waals surface area contributed by atoms with Crippen molar-refractivity contribution in [2.75, 3.05) is 6.54 Å². The topological polar surface area (TPSA) is 12.0 Å². The zero-order valence-corrected chi connectivity index (χ0v) is 7.93. The first-order valence-electron chi connectivity index (χ1n) is 4.74. The lowest BCUT2D eigenvalue weighted by Crippen LogP contribution is -2.23. The van der Waals surface area contributed by atoms with Gasteiger partial charge in [-0.1, -0.05) is 38.1 Å². The normalized spacial score (nSPS) is 14.2. The van der Waals surface area contributed by atoms with E-state index < -0.39 is 0 Å². The first-order valence-corrected chi connectivity index (χ1v) is 4.74. The van der Waals surface area contributed by atoms with Crippen LogP contribution >= 0.6 is 0 Å². The van der Waals surface area contributed by atoms with Crippen LogP contribution in [0.1, 0.15) is 25.0 Å². The van der Waals surface area contributed by atoms with Crippen LogP contribution in [-0.4, -0.2) is 6.54 Å². The zero-order valence-electron chi connectivity index (χ0n) is 7.93. The van der Waals surface area contributed by atoms with Gasteiger partial charge in [0.2, 0.25) is 0 Å². The Hall–Kier alpha value is -0.820. The molecule has 0 saturated carbocycles. The third-order valence-electron chi connectivity index (χ3n) is 2.00. The lowest BCUT2D eigenvalue weighted by atomic mass is 10.0. The van der Waals surface area contributed by atoms with E-state index in [0.717, 1.165) is 13.1 Å². The molecule has 12 heavy (non-hydrogen) atoms. The van der Waals surface area contributed by atoms with Crippen LogP contribution in [0.15, 0.2) is 24.3 Å². The third kappa shape index (κ3) is 2.08. The first kappa shape index (κ1) is 9.27. The summed E-state index contributed by atoms with van der Waals surface area (Å²) in [7, 11) is 0. The number of hydrogen-bond donors (Lipinski definition) is 1. The molecule has 0 bridgehead atoms. The summed E-state index contributed by atoms with van der Waals surface area (Å²) in [6.45, 7) is 6.19. The molecule has 0 aliphatic carbocycles. The highest BCUT2D eigenvalue weighted by atomic mass is 14.9. The Morgan fingerprint density at radius 1 is 1.08 bits per heavy atom. The van der Waals surface area contributed by atoms with Gasteiger partial charge in [0, 0.05) is 6.54 Å². The summed E-state index contributed by atoms with van der Waals surface area (Å²) in [4.78, 5) is 0. The van der Waals surface area contributed by atoms with Crippen molar-refractivity contribution in [3.05, 3.63) is 35.4 Å². The molecule has 2 rings (SSSR count). The quantitative estimate of drug-likeness (QED) is 0.619. The summed E-state index contributed by atoms with van der Waals surface area (Å²) in [6.07, 6.45) is 1.19. The molecule has 66 valence electrons. The molecule has 1 aromatic rings. The van der Waals surface area contributed by atoms with Crippen molar-refractivity contribution in [3.8, 4) is 0 Å². The molecule has 1 heterocycles. The van der Waals surface area contributed by atoms with Crippen LogP contribution in [0.5, 0.6) is 0 Å². The fourth-order valence-corrected chi connectivity index (χ4v) is 1.42. The fourth-order valence-electron chi connectivity index (χ4n) is 1.42. The van der Waals surface area contributed by atoms with Crippen molar-refractivity contribution in [3.63, 3.8) is 0 Å². The predicted octanol–water partition coefficient (Wildman–Crippen LogP) is 2.36. The van der Waals surface area contributed by atoms with Gasteiger partial charge in [0.25, 0.3) is 0 Å². The summed E-state index contributed by atoms with van der Waals surface area (Å²) in [6, 6.07) is 8.63. The minimum atomic E-state index is 1.05. The van der Waals surface area contributed by atoms with Crippen LogP contribution in [-0.2, 0) is 13.0 Å². The Morgan fingerprint density at radius 2 is 1.75 bits per heavy atom. The van der Waals surface area contributed by atoms with Crippen LogP contribution in [0, 0.1) is 0 Å². The van der Waals surface area contributed by atoms with E-state index >= 15 is 0 Å². The van der Waals surface area contributed by atoms with E-state index in [0.29, 0.717) is 0 Å². The lowest BCUT2D eigenvalue weighted by Gasteiger charge is -2.15. The molecule has 1 aliphatic heterocycles. The monoisotopic (exact) mass is 163 g/mol. The fraction of sp³-hybridized carbons (Fsp3) is 0.455. The van der Waals surface area contributed by atoms with E-state index in [9.17, 15) is 0 Å². The Labute approximate surface area is 74.8 Å². The minimum absolute atomic E-state index is 1.05. The Bertz CT molecular complexity index is 205. The maximum atomic E-state index is 3.34. The van der Waals surface area contributed by atoms with Gasteiger partial charge in [-0.3, -0.25) is 0 Å². The van der Waals surface area contributed by atoms with Gasteiger partial charge in [-0.25, -0.2) is 0 Å². The second-order valence-electron chi connectivity index (χ2n) is 2.70. The van der Waals surface area contributed by atoms with E-state index in [1.807, 2.05) is 13.8 Å². The molecule has 1 nitrogen and oxygen atoms in total. The van der Waals surface area contributed by atoms with E-state index in [-0.39, 0.29) is 0 Å². The maximum absolute atomic E-state index is 3.34. The minimum Gasteiger partial charge on any atom is -0.312 e. The van der Waals surface area contributed by atoms with E-state index in [1.54, 1.807) is 0 Å². The van der Waals surface area contributed by atoms with Crippen molar-refractivity contribution in [1.82, 2.24) is 5.32 Å². The van der Waals surface area contributed by atoms with Crippen molar-refractivity contribution in [2.24, 2.45) is 0 Å². The molecule has 1 heteroatoms. The van der Waals surface area contributed by atoms with Gasteiger partial charge >= 0.3 is 0 Å². The third-order valence-corrected chi connectivity index (χ3v) is 2.00. The van der Waals surface area contributed by atoms with Crippen LogP contribution < -0.4 is 5.32 Å². The van der Waals surface area contributed by atoms with Crippen molar-refractivity contribution < 1.29 is 0 Å². The smallest absolute Gasteiger partial charge is 0.0208 e. The number of fused-ring (bicyclic) bond motifs is 1. The highest BCUT2D eigenvalue weighted by molar-refractivity contribution is 5.28. The summed E-state index contributed by atoms with van der Waals surface area (Å²) in [5.74, 6) is 0. The van der Waals surface area contributed by atoms with Crippen LogP contribution in [0.4, 0.5) is 0 Å². The van der Waals surface area contributed by atoms with Gasteiger partial charge in [0.05, 0.1) is 0 Å². The Kier molecular flexibility index (Phi) is 3.81. The summed E-state index contributed by atoms with van der Waals surface area (Å²) in [5, 5.41) is 3.34. The standard InChI is InChI=1S/C9H11N.C2H6/c1-2-4-9-7-10-6-5-8(9)3-1;1-2/h1-4,10H,5-7H2;1-2H3. The van der Waals surface area contributed by atoms with Crippen molar-refractivity contribution in [1.29, 1.82) is 0 Å². The molecule has 0 spiro atoms. The average molecular weight is 163 g/mol. The number of nitrogens with one attached hydrogen (secondary N) is 1. The number of benzene rings is 1. The van der Waals surface area contributed by atoms with Crippen LogP contribution in [0.3, 0.4) is 0 Å². The first-order chi connectivity index (χ1) is 5.97. The SMILES string of the molecule is CC.c1ccc2c(c1)CCNC2. The molecule has 0 amide bonds. The van der Waals surface area contributed by atoms with Crippen LogP contribution in [0.2, 0.25) is 0 Å². The van der Waals surface area contributed by atoms with Gasteiger partial charge in [-0.2, -0.15) is 0 Å². The van der Waals surface area contributed by atoms with Crippen molar-refractivity contribution >= 4 is 0 Å². The van der Waals surface area contributed by atoms with Gasteiger partial charge in [0.15, 0.2) is 0 Å². The van der Waals surface area contributed by atoms with Gasteiger partial charge in [-0.05, 0) is 24.1 Å². The second-order valence-corrected chi connectivity index (χ2v) is 2.70. The van der Waals surface area contributed by atoms with Crippen molar-refractivity contribution in [2.45, 2.75) is 26.8 Å². The summed E-state index contributed by atoms with van der Waals surface area (Å²) < 4.78 is 0. The highest BCUT2D eigenvalue weighted by Gasteiger charge is 2.05. The maximum Gasteiger partial charge on any atom is 0.0208 e. The Balaban J connectivity index is 0.000000336. The average Bonchev–Trinajstić information content (AvgIpc) is 2.21. The molecule has 1 aliphatic rings. The molecule has 0 aromatic heterocycles. The molecule has 0 radical (unpaired) electrons. The molecule has 0 saturated heterocycles. The van der Waals surface area contributed by atoms with E-state index in [2.05, 4.69) is 29.6 Å². The molecule has 0 unspecified atom stereocenters. The molecule has 0 atom stereocenters. The van der Waals surface area contributed by atoms with E-state index in [4.69, 9.17) is 0 Å². The summed E-state index contributed by atoms with van der Waals surface area (Å²) >= 11 is 0. The van der Waals surface area contributed by atoms with E-state index in [1.165, 1.54) is 17.5 Å². The van der Waals surface area contributed by atoms with Gasteiger partial charge < -0.3 is 5.32 Å². The van der Waals surface area contributed by atoms with Gasteiger partial charge in [0.1, 0.15) is 0 Å². The largest absolute Gasteiger partial charge is 0.312 e. The molecular formula is C11H17N. The molecule has 1 aromatic carbocycles. The summed E-state index contributed by atoms with van der Waals surface area (Å²) in [5.41, 5.74) is 2.98. The Morgan fingerprint density at radius 3 is 2.42 bits per heavy atom. The van der Waals surface area contributed by atoms with Gasteiger partial charge in [-0.15, -0.1) is 0 Å². The predicted molar refractivity (Wildman–Crippen MR) is 53.2 cm³/mol. The number of rotatable bonds is 0. The molecular weight excluding hydrogens is 146 g/mol. The highest BCUT2D eigenvalue weighted by Crippen LogP contribution is 2.11. The van der Waals surface area contributed by atoms with Crippen LogP contribution in [0.25, 0.3) is 0 Å².